The van der Waals surface area contributed by atoms with Crippen molar-refractivity contribution in [3.63, 3.8) is 0 Å². The number of aromatic nitrogens is 1. The second-order valence-electron chi connectivity index (χ2n) is 8.51. The van der Waals surface area contributed by atoms with Crippen molar-refractivity contribution in [2.75, 3.05) is 24.5 Å². The molecule has 2 aliphatic heterocycles. The van der Waals surface area contributed by atoms with Crippen LogP contribution in [0.4, 0.5) is 23.4 Å². The molecule has 1 atom stereocenters. The SMILES string of the molecule is O=C1N(C2CCC(O)CC2)CC[C@]12CCCN(c1nccc(C(F)(F)F)c1F)C2. The predicted molar refractivity (Wildman–Crippen MR) is 97.7 cm³/mol. The van der Waals surface area contributed by atoms with Crippen molar-refractivity contribution in [3.8, 4) is 0 Å². The minimum Gasteiger partial charge on any atom is -0.393 e. The molecule has 1 spiro atoms. The molecule has 1 amide bonds. The zero-order chi connectivity index (χ0) is 20.8. The van der Waals surface area contributed by atoms with E-state index in [0.29, 0.717) is 51.3 Å². The first-order chi connectivity index (χ1) is 13.7. The van der Waals surface area contributed by atoms with Gasteiger partial charge in [-0.3, -0.25) is 4.79 Å². The van der Waals surface area contributed by atoms with E-state index >= 15 is 0 Å². The lowest BCUT2D eigenvalue weighted by Crippen LogP contribution is -2.50. The van der Waals surface area contributed by atoms with Gasteiger partial charge in [-0.1, -0.05) is 0 Å². The average Bonchev–Trinajstić information content (AvgIpc) is 2.98. The summed E-state index contributed by atoms with van der Waals surface area (Å²) in [5, 5.41) is 9.71. The van der Waals surface area contributed by atoms with E-state index in [1.807, 2.05) is 4.90 Å². The van der Waals surface area contributed by atoms with Crippen molar-refractivity contribution < 1.29 is 27.5 Å². The van der Waals surface area contributed by atoms with Gasteiger partial charge >= 0.3 is 6.18 Å². The van der Waals surface area contributed by atoms with E-state index in [-0.39, 0.29) is 30.4 Å². The molecule has 0 radical (unpaired) electrons. The minimum absolute atomic E-state index is 0.0102. The Morgan fingerprint density at radius 3 is 2.55 bits per heavy atom. The maximum absolute atomic E-state index is 14.6. The summed E-state index contributed by atoms with van der Waals surface area (Å²) < 4.78 is 53.8. The first kappa shape index (κ1) is 20.4. The number of piperidine rings is 1. The lowest BCUT2D eigenvalue weighted by molar-refractivity contribution is -0.140. The highest BCUT2D eigenvalue weighted by molar-refractivity contribution is 5.86. The van der Waals surface area contributed by atoms with E-state index in [1.54, 1.807) is 0 Å². The van der Waals surface area contributed by atoms with Crippen LogP contribution < -0.4 is 4.90 Å². The van der Waals surface area contributed by atoms with Gasteiger partial charge < -0.3 is 14.9 Å². The zero-order valence-corrected chi connectivity index (χ0v) is 16.1. The van der Waals surface area contributed by atoms with Gasteiger partial charge in [0.2, 0.25) is 5.91 Å². The van der Waals surface area contributed by atoms with Crippen LogP contribution in [-0.2, 0) is 11.0 Å². The molecule has 9 heteroatoms. The molecule has 3 aliphatic rings. The second-order valence-corrected chi connectivity index (χ2v) is 8.51. The quantitative estimate of drug-likeness (QED) is 0.753. The van der Waals surface area contributed by atoms with Crippen LogP contribution in [0.3, 0.4) is 0 Å². The molecule has 5 nitrogen and oxygen atoms in total. The number of carbonyl (C=O) groups excluding carboxylic acids is 1. The highest BCUT2D eigenvalue weighted by atomic mass is 19.4. The molecule has 0 aromatic carbocycles. The number of pyridine rings is 1. The molecule has 0 unspecified atom stereocenters. The maximum atomic E-state index is 14.6. The van der Waals surface area contributed by atoms with Gasteiger partial charge in [-0.05, 0) is 51.0 Å². The van der Waals surface area contributed by atoms with Crippen molar-refractivity contribution in [2.24, 2.45) is 5.41 Å². The summed E-state index contributed by atoms with van der Waals surface area (Å²) >= 11 is 0. The molecular weight excluding hydrogens is 390 g/mol. The number of aliphatic hydroxyl groups is 1. The molecule has 4 rings (SSSR count). The lowest BCUT2D eigenvalue weighted by Gasteiger charge is -2.41. The molecule has 1 saturated carbocycles. The number of alkyl halides is 3. The summed E-state index contributed by atoms with van der Waals surface area (Å²) in [6, 6.07) is 0.738. The molecule has 1 aromatic rings. The average molecular weight is 415 g/mol. The van der Waals surface area contributed by atoms with Gasteiger partial charge in [0.05, 0.1) is 17.1 Å². The number of hydrogen-bond acceptors (Lipinski definition) is 4. The fourth-order valence-corrected chi connectivity index (χ4v) is 5.13. The Hall–Kier alpha value is -1.90. The highest BCUT2D eigenvalue weighted by Crippen LogP contribution is 2.44. The number of amides is 1. The van der Waals surface area contributed by atoms with Gasteiger partial charge in [0.1, 0.15) is 0 Å². The van der Waals surface area contributed by atoms with Gasteiger partial charge in [-0.25, -0.2) is 9.37 Å². The van der Waals surface area contributed by atoms with Crippen molar-refractivity contribution in [3.05, 3.63) is 23.6 Å². The smallest absolute Gasteiger partial charge is 0.393 e. The highest BCUT2D eigenvalue weighted by Gasteiger charge is 2.51. The minimum atomic E-state index is -4.79. The molecular formula is C20H25F4N3O2. The summed E-state index contributed by atoms with van der Waals surface area (Å²) in [5.74, 6) is -1.69. The second kappa shape index (κ2) is 7.41. The Labute approximate surface area is 166 Å². The monoisotopic (exact) mass is 415 g/mol. The van der Waals surface area contributed by atoms with E-state index in [2.05, 4.69) is 4.98 Å². The van der Waals surface area contributed by atoms with Crippen molar-refractivity contribution in [2.45, 2.75) is 63.3 Å². The van der Waals surface area contributed by atoms with Crippen LogP contribution in [0.15, 0.2) is 12.3 Å². The van der Waals surface area contributed by atoms with Crippen molar-refractivity contribution in [1.82, 2.24) is 9.88 Å². The normalized spacial score (nSPS) is 31.0. The van der Waals surface area contributed by atoms with Crippen molar-refractivity contribution >= 4 is 11.7 Å². The third kappa shape index (κ3) is 3.69. The molecule has 1 aromatic heterocycles. The van der Waals surface area contributed by atoms with Gasteiger partial charge in [0, 0.05) is 31.9 Å². The zero-order valence-electron chi connectivity index (χ0n) is 16.1. The number of hydrogen-bond donors (Lipinski definition) is 1. The fraction of sp³-hybridized carbons (Fsp3) is 0.700. The predicted octanol–water partition coefficient (Wildman–Crippen LogP) is 3.36. The number of aliphatic hydroxyl groups excluding tert-OH is 1. The third-order valence-corrected chi connectivity index (χ3v) is 6.71. The Kier molecular flexibility index (Phi) is 5.21. The third-order valence-electron chi connectivity index (χ3n) is 6.71. The van der Waals surface area contributed by atoms with Crippen LogP contribution in [0.2, 0.25) is 0 Å². The molecule has 3 heterocycles. The van der Waals surface area contributed by atoms with Crippen LogP contribution in [0.1, 0.15) is 50.5 Å². The van der Waals surface area contributed by atoms with Crippen LogP contribution in [0.25, 0.3) is 0 Å². The molecule has 3 fully saturated rings. The standard InChI is InChI=1S/C20H25F4N3O2/c21-16-15(20(22,23)24)6-9-25-17(16)26-10-1-7-19(12-26)8-11-27(18(19)29)13-2-4-14(28)5-3-13/h6,9,13-14,28H,1-5,7-8,10-12H2/t13?,14?,19-/m0/s1. The molecule has 29 heavy (non-hydrogen) atoms. The molecule has 0 bridgehead atoms. The topological polar surface area (TPSA) is 56.7 Å². The van der Waals surface area contributed by atoms with Gasteiger partial charge in [0.15, 0.2) is 11.6 Å². The summed E-state index contributed by atoms with van der Waals surface area (Å²) in [5.41, 5.74) is -2.03. The summed E-state index contributed by atoms with van der Waals surface area (Å²) in [6.07, 6.45) is 0.599. The lowest BCUT2D eigenvalue weighted by atomic mass is 9.78. The number of rotatable bonds is 2. The molecule has 2 saturated heterocycles. The molecule has 1 N–H and O–H groups in total. The van der Waals surface area contributed by atoms with E-state index in [9.17, 15) is 27.5 Å². The molecule has 1 aliphatic carbocycles. The van der Waals surface area contributed by atoms with Crippen LogP contribution in [0.5, 0.6) is 0 Å². The van der Waals surface area contributed by atoms with Crippen molar-refractivity contribution in [1.29, 1.82) is 0 Å². The van der Waals surface area contributed by atoms with Gasteiger partial charge in [0.25, 0.3) is 0 Å². The largest absolute Gasteiger partial charge is 0.419 e. The van der Waals surface area contributed by atoms with E-state index in [0.717, 1.165) is 19.0 Å². The Morgan fingerprint density at radius 1 is 1.14 bits per heavy atom. The fourth-order valence-electron chi connectivity index (χ4n) is 5.13. The Bertz CT molecular complexity index is 779. The number of anilines is 1. The maximum Gasteiger partial charge on any atom is 0.419 e. The van der Waals surface area contributed by atoms with Gasteiger partial charge in [-0.2, -0.15) is 13.2 Å². The first-order valence-electron chi connectivity index (χ1n) is 10.2. The summed E-state index contributed by atoms with van der Waals surface area (Å²) in [7, 11) is 0. The Balaban J connectivity index is 1.54. The van der Waals surface area contributed by atoms with E-state index in [4.69, 9.17) is 0 Å². The summed E-state index contributed by atoms with van der Waals surface area (Å²) in [4.78, 5) is 20.5. The number of nitrogens with zero attached hydrogens (tertiary/aromatic N) is 3. The van der Waals surface area contributed by atoms with Crippen LogP contribution in [0, 0.1) is 11.2 Å². The summed E-state index contributed by atoms with van der Waals surface area (Å²) in [6.45, 7) is 1.16. The van der Waals surface area contributed by atoms with E-state index in [1.165, 1.54) is 4.90 Å². The number of likely N-dealkylation sites (tertiary alicyclic amines) is 1. The molecule has 160 valence electrons. The van der Waals surface area contributed by atoms with Crippen LogP contribution >= 0.6 is 0 Å². The number of carbonyl (C=O) groups is 1. The van der Waals surface area contributed by atoms with Gasteiger partial charge in [-0.15, -0.1) is 0 Å². The van der Waals surface area contributed by atoms with Crippen LogP contribution in [-0.4, -0.2) is 52.7 Å². The Morgan fingerprint density at radius 2 is 1.86 bits per heavy atom. The first-order valence-corrected chi connectivity index (χ1v) is 10.2. The van der Waals surface area contributed by atoms with E-state index < -0.39 is 23.0 Å². The number of halogens is 4.